The molecule has 78 heavy (non-hydrogen) atoms. The van der Waals surface area contributed by atoms with Crippen molar-refractivity contribution in [1.29, 1.82) is 0 Å². The molecule has 17 atom stereocenters. The topological polar surface area (TPSA) is 307 Å². The van der Waals surface area contributed by atoms with Crippen LogP contribution in [-0.2, 0) is 33.2 Å². The Morgan fingerprint density at radius 2 is 0.897 bits per heavy atom. The summed E-state index contributed by atoms with van der Waals surface area (Å²) < 4.78 is 34.1. The summed E-state index contributed by atoms with van der Waals surface area (Å²) in [6.45, 7) is 1.45. The third-order valence-corrected chi connectivity index (χ3v) is 13.3. The number of hydrogen-bond acceptors (Lipinski definition) is 18. The van der Waals surface area contributed by atoms with Crippen molar-refractivity contribution in [3.8, 4) is 0 Å². The van der Waals surface area contributed by atoms with Crippen molar-refractivity contribution >= 4 is 5.91 Å². The maximum atomic E-state index is 13.2. The number of nitrogens with one attached hydrogen (secondary N) is 1. The van der Waals surface area contributed by atoms with E-state index in [0.717, 1.165) is 64.2 Å². The van der Waals surface area contributed by atoms with Crippen LogP contribution in [0.25, 0.3) is 0 Å². The van der Waals surface area contributed by atoms with Gasteiger partial charge in [0.25, 0.3) is 0 Å². The highest BCUT2D eigenvalue weighted by Crippen LogP contribution is 2.33. The average molecular weight is 1110 g/mol. The molecule has 3 rings (SSSR count). The molecule has 3 saturated heterocycles. The van der Waals surface area contributed by atoms with Crippen LogP contribution in [0.3, 0.4) is 0 Å². The first-order valence-electron chi connectivity index (χ1n) is 28.1. The molecule has 1 amide bonds. The summed E-state index contributed by atoms with van der Waals surface area (Å²) in [4.78, 5) is 13.2. The van der Waals surface area contributed by atoms with E-state index < -0.39 is 131 Å². The summed E-state index contributed by atoms with van der Waals surface area (Å²) in [6, 6.07) is -1.03. The van der Waals surface area contributed by atoms with Crippen molar-refractivity contribution in [2.45, 2.75) is 227 Å². The van der Waals surface area contributed by atoms with Gasteiger partial charge in [-0.1, -0.05) is 142 Å². The highest BCUT2D eigenvalue weighted by Gasteiger charge is 2.53. The summed E-state index contributed by atoms with van der Waals surface area (Å²) >= 11 is 0. The molecule has 12 N–H and O–H groups in total. The molecule has 17 unspecified atom stereocenters. The van der Waals surface area contributed by atoms with Gasteiger partial charge in [0.15, 0.2) is 18.9 Å². The largest absolute Gasteiger partial charge is 0.394 e. The van der Waals surface area contributed by atoms with Crippen molar-refractivity contribution < 1.29 is 89.4 Å². The SMILES string of the molecule is CC/C=C\C/C=C\C/C=C\C/C=C\C/C=C\C/C=C\C/C=C\CCCC(=O)NC(COC1OC(CO)C(OC2OC(CO)C(OC3OC(CO)C(O)C(O)C3O)C(O)C2O)C(O)C1O)C(O)/C=C/CC/C=C/CCCCCC. The predicted molar refractivity (Wildman–Crippen MR) is 295 cm³/mol. The van der Waals surface area contributed by atoms with E-state index in [0.29, 0.717) is 19.3 Å². The van der Waals surface area contributed by atoms with Gasteiger partial charge in [0.05, 0.1) is 38.6 Å². The molecule has 3 fully saturated rings. The number of aliphatic hydroxyl groups excluding tert-OH is 11. The first kappa shape index (κ1) is 68.7. The highest BCUT2D eigenvalue weighted by molar-refractivity contribution is 5.76. The van der Waals surface area contributed by atoms with Gasteiger partial charge in [0.1, 0.15) is 73.2 Å². The summed E-state index contributed by atoms with van der Waals surface area (Å²) in [7, 11) is 0. The molecule has 3 aliphatic rings. The second kappa shape index (κ2) is 41.4. The number of allylic oxidation sites excluding steroid dienone is 17. The summed E-state index contributed by atoms with van der Waals surface area (Å²) in [5, 5.41) is 120. The molecular weight excluding hydrogens is 1010 g/mol. The lowest BCUT2D eigenvalue weighted by Gasteiger charge is -2.48. The van der Waals surface area contributed by atoms with Gasteiger partial charge < -0.3 is 89.9 Å². The van der Waals surface area contributed by atoms with Gasteiger partial charge in [-0.15, -0.1) is 0 Å². The van der Waals surface area contributed by atoms with Crippen molar-refractivity contribution in [3.63, 3.8) is 0 Å². The van der Waals surface area contributed by atoms with E-state index >= 15 is 0 Å². The Hall–Kier alpha value is -3.55. The second-order valence-corrected chi connectivity index (χ2v) is 19.7. The highest BCUT2D eigenvalue weighted by atomic mass is 16.8. The average Bonchev–Trinajstić information content (AvgIpc) is 3.49. The fourth-order valence-electron chi connectivity index (χ4n) is 8.66. The van der Waals surface area contributed by atoms with E-state index in [1.807, 2.05) is 12.2 Å². The number of amides is 1. The summed E-state index contributed by atoms with van der Waals surface area (Å²) in [5.41, 5.74) is 0. The Morgan fingerprint density at radius 3 is 1.41 bits per heavy atom. The van der Waals surface area contributed by atoms with Crippen LogP contribution in [0.1, 0.15) is 123 Å². The predicted octanol–water partition coefficient (Wildman–Crippen LogP) is 3.97. The molecule has 0 aromatic heterocycles. The van der Waals surface area contributed by atoms with Crippen LogP contribution < -0.4 is 5.32 Å². The molecule has 444 valence electrons. The zero-order valence-electron chi connectivity index (χ0n) is 45.8. The van der Waals surface area contributed by atoms with Crippen LogP contribution in [0.2, 0.25) is 0 Å². The van der Waals surface area contributed by atoms with Crippen LogP contribution in [0.4, 0.5) is 0 Å². The molecule has 3 heterocycles. The molecule has 0 saturated carbocycles. The van der Waals surface area contributed by atoms with E-state index in [-0.39, 0.29) is 12.3 Å². The molecule has 19 heteroatoms. The van der Waals surface area contributed by atoms with Gasteiger partial charge in [0, 0.05) is 6.42 Å². The second-order valence-electron chi connectivity index (χ2n) is 19.7. The number of carbonyl (C=O) groups is 1. The zero-order chi connectivity index (χ0) is 56.9. The van der Waals surface area contributed by atoms with Gasteiger partial charge in [-0.25, -0.2) is 0 Å². The summed E-state index contributed by atoms with van der Waals surface area (Å²) in [6.07, 6.45) is 25.3. The molecular formula is C59H95NO18. The minimum atomic E-state index is -1.99. The van der Waals surface area contributed by atoms with Crippen molar-refractivity contribution in [2.75, 3.05) is 26.4 Å². The van der Waals surface area contributed by atoms with Gasteiger partial charge in [0.2, 0.25) is 5.91 Å². The van der Waals surface area contributed by atoms with Crippen LogP contribution in [0.5, 0.6) is 0 Å². The van der Waals surface area contributed by atoms with E-state index in [1.165, 1.54) is 19.3 Å². The van der Waals surface area contributed by atoms with Crippen LogP contribution in [-0.4, -0.2) is 193 Å². The number of unbranched alkanes of at least 4 members (excludes halogenated alkanes) is 6. The molecule has 19 nitrogen and oxygen atoms in total. The summed E-state index contributed by atoms with van der Waals surface area (Å²) in [5.74, 6) is -0.352. The Balaban J connectivity index is 1.52. The molecule has 0 aliphatic carbocycles. The quantitative estimate of drug-likeness (QED) is 0.0307. The number of ether oxygens (including phenoxy) is 6. The fraction of sp³-hybridized carbons (Fsp3) is 0.678. The van der Waals surface area contributed by atoms with Crippen molar-refractivity contribution in [1.82, 2.24) is 5.32 Å². The standard InChI is InChI=1S/C59H95NO18/c1-3-5-7-9-11-13-15-16-17-18-19-20-21-22-23-24-25-26-27-29-31-33-35-37-47(65)60-42(43(64)36-34-32-30-28-14-12-10-8-6-4-2)41-73-57-53(71)50(68)55(45(39-62)75-57)78-59-54(72)51(69)56(46(40-63)76-59)77-58-52(70)49(67)48(66)44(38-61)74-58/h5,7,11,13-14,16-17,19-20,22-23,25-26,28-29,31,34,36,42-46,48-59,61-64,66-72H,3-4,6,8-10,12,15,18,21,24,27,30,32-33,35,37-41H2,1-2H3,(H,60,65)/b7-5-,13-11-,17-16-,20-19-,23-22-,26-25-,28-14+,31-29-,36-34+. The molecule has 3 aliphatic heterocycles. The lowest BCUT2D eigenvalue weighted by Crippen LogP contribution is -2.66. The molecule has 0 aromatic rings. The first-order valence-corrected chi connectivity index (χ1v) is 28.1. The van der Waals surface area contributed by atoms with E-state index in [4.69, 9.17) is 28.4 Å². The smallest absolute Gasteiger partial charge is 0.220 e. The van der Waals surface area contributed by atoms with Gasteiger partial charge in [-0.05, 0) is 83.5 Å². The van der Waals surface area contributed by atoms with Crippen molar-refractivity contribution in [2.24, 2.45) is 0 Å². The van der Waals surface area contributed by atoms with Crippen molar-refractivity contribution in [3.05, 3.63) is 109 Å². The van der Waals surface area contributed by atoms with Gasteiger partial charge in [-0.2, -0.15) is 0 Å². The lowest BCUT2D eigenvalue weighted by atomic mass is 9.96. The van der Waals surface area contributed by atoms with Crippen LogP contribution >= 0.6 is 0 Å². The van der Waals surface area contributed by atoms with E-state index in [9.17, 15) is 61.0 Å². The number of carbonyl (C=O) groups excluding carboxylic acids is 1. The monoisotopic (exact) mass is 1110 g/mol. The van der Waals surface area contributed by atoms with Gasteiger partial charge >= 0.3 is 0 Å². The van der Waals surface area contributed by atoms with Crippen LogP contribution in [0, 0.1) is 0 Å². The number of hydrogen-bond donors (Lipinski definition) is 12. The Morgan fingerprint density at radius 1 is 0.474 bits per heavy atom. The van der Waals surface area contributed by atoms with Gasteiger partial charge in [-0.3, -0.25) is 4.79 Å². The Bertz CT molecular complexity index is 1850. The normalized spacial score (nSPS) is 31.3. The maximum Gasteiger partial charge on any atom is 0.220 e. The fourth-order valence-corrected chi connectivity index (χ4v) is 8.66. The Kier molecular flexibility index (Phi) is 36.5. The molecule has 0 aromatic carbocycles. The lowest BCUT2D eigenvalue weighted by molar-refractivity contribution is -0.379. The minimum Gasteiger partial charge on any atom is -0.394 e. The molecule has 0 bridgehead atoms. The maximum absolute atomic E-state index is 13.2. The number of aliphatic hydroxyl groups is 11. The van der Waals surface area contributed by atoms with E-state index in [2.05, 4.69) is 104 Å². The van der Waals surface area contributed by atoms with Crippen LogP contribution in [0.15, 0.2) is 109 Å². The molecule has 0 spiro atoms. The first-order chi connectivity index (χ1) is 37.8. The number of rotatable bonds is 38. The zero-order valence-corrected chi connectivity index (χ0v) is 45.8. The third kappa shape index (κ3) is 25.5. The third-order valence-electron chi connectivity index (χ3n) is 13.3. The Labute approximate surface area is 462 Å². The minimum absolute atomic E-state index is 0.147. The van der Waals surface area contributed by atoms with E-state index in [1.54, 1.807) is 12.2 Å². The molecule has 0 radical (unpaired) electrons.